The molecule has 3 rings (SSSR count). The summed E-state index contributed by atoms with van der Waals surface area (Å²) in [7, 11) is 0. The highest BCUT2D eigenvalue weighted by atomic mass is 32.2. The maximum atomic E-state index is 11.8. The van der Waals surface area contributed by atoms with Crippen molar-refractivity contribution in [2.75, 3.05) is 12.3 Å². The number of fused-ring (bicyclic) bond motifs is 3. The first-order valence-corrected chi connectivity index (χ1v) is 9.09. The third-order valence-corrected chi connectivity index (χ3v) is 4.55. The number of thioether (sulfide) groups is 1. The van der Waals surface area contributed by atoms with E-state index in [0.717, 1.165) is 28.6 Å². The minimum absolute atomic E-state index is 0.00608. The molecule has 0 aliphatic rings. The third-order valence-electron chi connectivity index (χ3n) is 3.71. The normalized spacial score (nSPS) is 11.5. The maximum absolute atomic E-state index is 11.8. The van der Waals surface area contributed by atoms with Gasteiger partial charge in [0.25, 0.3) is 0 Å². The molecule has 126 valence electrons. The third kappa shape index (κ3) is 3.36. The highest BCUT2D eigenvalue weighted by Crippen LogP contribution is 2.26. The summed E-state index contributed by atoms with van der Waals surface area (Å²) in [6.45, 7) is 7.71. The van der Waals surface area contributed by atoms with Crippen LogP contribution in [-0.2, 0) is 11.3 Å². The Labute approximate surface area is 145 Å². The van der Waals surface area contributed by atoms with Crippen LogP contribution in [0, 0.1) is 5.92 Å². The number of aryl methyl sites for hydroxylation is 1. The Hall–Kier alpha value is -2.15. The first-order chi connectivity index (χ1) is 11.6. The van der Waals surface area contributed by atoms with E-state index >= 15 is 0 Å². The van der Waals surface area contributed by atoms with Crippen LogP contribution in [0.15, 0.2) is 29.4 Å². The van der Waals surface area contributed by atoms with Gasteiger partial charge in [-0.25, -0.2) is 4.98 Å². The predicted octanol–water partition coefficient (Wildman–Crippen LogP) is 2.86. The van der Waals surface area contributed by atoms with E-state index in [-0.39, 0.29) is 5.91 Å². The van der Waals surface area contributed by atoms with Crippen LogP contribution in [0.3, 0.4) is 0 Å². The summed E-state index contributed by atoms with van der Waals surface area (Å²) in [5.41, 5.74) is 2.73. The van der Waals surface area contributed by atoms with Crippen molar-refractivity contribution >= 4 is 39.7 Å². The standard InChI is InChI=1S/C17H21N5OS/c1-4-22-13-8-6-5-7-12(13)15-16(22)19-17(21-20-15)24-10-14(23)18-9-11(2)3/h5-8,11H,4,9-10H2,1-3H3,(H,18,23). The molecule has 2 heterocycles. The molecule has 0 aliphatic heterocycles. The number of rotatable bonds is 6. The van der Waals surface area contributed by atoms with Crippen LogP contribution >= 0.6 is 11.8 Å². The SMILES string of the molecule is CCn1c2ccccc2c2nnc(SCC(=O)NCC(C)C)nc21. The minimum atomic E-state index is -0.00608. The highest BCUT2D eigenvalue weighted by Gasteiger charge is 2.14. The lowest BCUT2D eigenvalue weighted by molar-refractivity contribution is -0.118. The first kappa shape index (κ1) is 16.7. The number of benzene rings is 1. The molecule has 6 nitrogen and oxygen atoms in total. The average Bonchev–Trinajstić information content (AvgIpc) is 2.91. The molecular formula is C17H21N5OS. The molecule has 0 spiro atoms. The summed E-state index contributed by atoms with van der Waals surface area (Å²) >= 11 is 1.31. The van der Waals surface area contributed by atoms with Gasteiger partial charge in [0, 0.05) is 18.5 Å². The maximum Gasteiger partial charge on any atom is 0.230 e. The fourth-order valence-electron chi connectivity index (χ4n) is 2.57. The van der Waals surface area contributed by atoms with Gasteiger partial charge >= 0.3 is 0 Å². The quantitative estimate of drug-likeness (QED) is 0.697. The van der Waals surface area contributed by atoms with Crippen LogP contribution < -0.4 is 5.32 Å². The number of para-hydroxylation sites is 1. The fourth-order valence-corrected chi connectivity index (χ4v) is 3.18. The van der Waals surface area contributed by atoms with Crippen LogP contribution in [0.5, 0.6) is 0 Å². The molecule has 0 fully saturated rings. The second-order valence-corrected chi connectivity index (χ2v) is 6.96. The summed E-state index contributed by atoms with van der Waals surface area (Å²) in [6.07, 6.45) is 0. The zero-order chi connectivity index (χ0) is 17.1. The lowest BCUT2D eigenvalue weighted by Crippen LogP contribution is -2.28. The van der Waals surface area contributed by atoms with Gasteiger partial charge in [0.15, 0.2) is 5.65 Å². The molecule has 0 unspecified atom stereocenters. The van der Waals surface area contributed by atoms with Crippen molar-refractivity contribution in [3.8, 4) is 0 Å². The van der Waals surface area contributed by atoms with Crippen molar-refractivity contribution in [2.24, 2.45) is 5.92 Å². The van der Waals surface area contributed by atoms with Gasteiger partial charge in [-0.1, -0.05) is 43.8 Å². The Balaban J connectivity index is 1.83. The van der Waals surface area contributed by atoms with Gasteiger partial charge in [-0.05, 0) is 18.9 Å². The van der Waals surface area contributed by atoms with Gasteiger partial charge in [0.05, 0.1) is 11.3 Å². The molecule has 0 saturated carbocycles. The molecule has 1 N–H and O–H groups in total. The number of carbonyl (C=O) groups excluding carboxylic acids is 1. The topological polar surface area (TPSA) is 72.7 Å². The van der Waals surface area contributed by atoms with Gasteiger partial charge in [-0.15, -0.1) is 10.2 Å². The van der Waals surface area contributed by atoms with Gasteiger partial charge in [0.2, 0.25) is 11.1 Å². The van der Waals surface area contributed by atoms with Gasteiger partial charge in [-0.3, -0.25) is 4.79 Å². The summed E-state index contributed by atoms with van der Waals surface area (Å²) in [6, 6.07) is 8.10. The van der Waals surface area contributed by atoms with Crippen molar-refractivity contribution in [3.05, 3.63) is 24.3 Å². The average molecular weight is 343 g/mol. The Morgan fingerprint density at radius 1 is 1.29 bits per heavy atom. The van der Waals surface area contributed by atoms with Gasteiger partial charge < -0.3 is 9.88 Å². The van der Waals surface area contributed by atoms with E-state index in [4.69, 9.17) is 0 Å². The monoisotopic (exact) mass is 343 g/mol. The van der Waals surface area contributed by atoms with E-state index in [1.165, 1.54) is 11.8 Å². The lowest BCUT2D eigenvalue weighted by atomic mass is 10.2. The molecule has 3 aromatic rings. The number of carbonyl (C=O) groups is 1. The van der Waals surface area contributed by atoms with Crippen LogP contribution in [-0.4, -0.2) is 38.0 Å². The van der Waals surface area contributed by atoms with Crippen molar-refractivity contribution in [2.45, 2.75) is 32.5 Å². The first-order valence-electron chi connectivity index (χ1n) is 8.11. The lowest BCUT2D eigenvalue weighted by Gasteiger charge is -2.06. The predicted molar refractivity (Wildman–Crippen MR) is 97.1 cm³/mol. The summed E-state index contributed by atoms with van der Waals surface area (Å²) < 4.78 is 2.13. The number of nitrogens with one attached hydrogen (secondary N) is 1. The molecule has 0 aliphatic carbocycles. The minimum Gasteiger partial charge on any atom is -0.355 e. The van der Waals surface area contributed by atoms with E-state index in [1.54, 1.807) is 0 Å². The van der Waals surface area contributed by atoms with E-state index in [9.17, 15) is 4.79 Å². The zero-order valence-corrected chi connectivity index (χ0v) is 14.9. The second-order valence-electron chi connectivity index (χ2n) is 6.01. The number of hydrogen-bond acceptors (Lipinski definition) is 5. The van der Waals surface area contributed by atoms with Crippen LogP contribution in [0.4, 0.5) is 0 Å². The van der Waals surface area contributed by atoms with Gasteiger partial charge in [-0.2, -0.15) is 0 Å². The highest BCUT2D eigenvalue weighted by molar-refractivity contribution is 7.99. The summed E-state index contributed by atoms with van der Waals surface area (Å²) in [5, 5.41) is 13.0. The molecule has 1 amide bonds. The largest absolute Gasteiger partial charge is 0.355 e. The molecule has 24 heavy (non-hydrogen) atoms. The Morgan fingerprint density at radius 3 is 2.83 bits per heavy atom. The van der Waals surface area contributed by atoms with Crippen LogP contribution in [0.25, 0.3) is 22.1 Å². The molecule has 1 aromatic carbocycles. The van der Waals surface area contributed by atoms with Crippen molar-refractivity contribution in [1.29, 1.82) is 0 Å². The molecule has 7 heteroatoms. The van der Waals surface area contributed by atoms with E-state index in [2.05, 4.69) is 51.9 Å². The molecule has 0 saturated heterocycles. The second kappa shape index (κ2) is 7.17. The number of nitrogens with zero attached hydrogens (tertiary/aromatic N) is 4. The van der Waals surface area contributed by atoms with E-state index in [1.807, 2.05) is 18.2 Å². The number of aromatic nitrogens is 4. The Kier molecular flexibility index (Phi) is 4.99. The molecule has 2 aromatic heterocycles. The summed E-state index contributed by atoms with van der Waals surface area (Å²) in [4.78, 5) is 16.5. The van der Waals surface area contributed by atoms with Crippen molar-refractivity contribution < 1.29 is 4.79 Å². The Morgan fingerprint density at radius 2 is 2.08 bits per heavy atom. The van der Waals surface area contributed by atoms with Crippen molar-refractivity contribution in [1.82, 2.24) is 25.1 Å². The number of hydrogen-bond donors (Lipinski definition) is 1. The molecule has 0 atom stereocenters. The molecule has 0 bridgehead atoms. The zero-order valence-electron chi connectivity index (χ0n) is 14.1. The molecule has 0 radical (unpaired) electrons. The smallest absolute Gasteiger partial charge is 0.230 e. The Bertz CT molecular complexity index is 874. The fraction of sp³-hybridized carbons (Fsp3) is 0.412. The molecular weight excluding hydrogens is 322 g/mol. The van der Waals surface area contributed by atoms with Crippen LogP contribution in [0.1, 0.15) is 20.8 Å². The van der Waals surface area contributed by atoms with E-state index < -0.39 is 0 Å². The van der Waals surface area contributed by atoms with Crippen LogP contribution in [0.2, 0.25) is 0 Å². The van der Waals surface area contributed by atoms with E-state index in [0.29, 0.717) is 23.4 Å². The van der Waals surface area contributed by atoms with Gasteiger partial charge in [0.1, 0.15) is 5.52 Å². The van der Waals surface area contributed by atoms with Crippen molar-refractivity contribution in [3.63, 3.8) is 0 Å². The number of amides is 1. The summed E-state index contributed by atoms with van der Waals surface area (Å²) in [5.74, 6) is 0.730.